The van der Waals surface area contributed by atoms with E-state index in [4.69, 9.17) is 4.74 Å². The van der Waals surface area contributed by atoms with E-state index >= 15 is 0 Å². The monoisotopic (exact) mass is 419 g/mol. The molecule has 0 spiro atoms. The third-order valence-electron chi connectivity index (χ3n) is 3.37. The minimum Gasteiger partial charge on any atom is -0.378 e. The van der Waals surface area contributed by atoms with E-state index in [9.17, 15) is 0 Å². The average Bonchev–Trinajstić information content (AvgIpc) is 2.50. The van der Waals surface area contributed by atoms with Crippen molar-refractivity contribution in [2.24, 2.45) is 10.9 Å². The highest BCUT2D eigenvalue weighted by atomic mass is 127. The van der Waals surface area contributed by atoms with Crippen molar-refractivity contribution >= 4 is 29.9 Å². The van der Waals surface area contributed by atoms with Gasteiger partial charge in [-0.25, -0.2) is 0 Å². The lowest BCUT2D eigenvalue weighted by atomic mass is 10.0. The van der Waals surface area contributed by atoms with E-state index in [0.29, 0.717) is 12.0 Å². The van der Waals surface area contributed by atoms with Gasteiger partial charge in [0.15, 0.2) is 5.96 Å². The van der Waals surface area contributed by atoms with Gasteiger partial charge in [-0.15, -0.1) is 24.0 Å². The SMILES string of the molecule is CCOC(CCNC(=NC)NCc1ccccc1)C(C)C.I. The Kier molecular flexibility index (Phi) is 12.2. The van der Waals surface area contributed by atoms with Gasteiger partial charge in [0.25, 0.3) is 0 Å². The molecule has 0 aliphatic rings. The Morgan fingerprint density at radius 2 is 1.86 bits per heavy atom. The van der Waals surface area contributed by atoms with Gasteiger partial charge in [-0.05, 0) is 24.8 Å². The minimum atomic E-state index is 0. The van der Waals surface area contributed by atoms with Crippen LogP contribution in [0.1, 0.15) is 32.8 Å². The molecule has 1 rings (SSSR count). The zero-order valence-electron chi connectivity index (χ0n) is 14.1. The van der Waals surface area contributed by atoms with Crippen LogP contribution in [0.4, 0.5) is 0 Å². The maximum absolute atomic E-state index is 5.75. The Morgan fingerprint density at radius 3 is 2.41 bits per heavy atom. The summed E-state index contributed by atoms with van der Waals surface area (Å²) in [4.78, 5) is 4.24. The van der Waals surface area contributed by atoms with Crippen LogP contribution in [0, 0.1) is 5.92 Å². The Bertz CT molecular complexity index is 410. The molecular formula is C17H30IN3O. The van der Waals surface area contributed by atoms with Crippen molar-refractivity contribution in [1.29, 1.82) is 0 Å². The van der Waals surface area contributed by atoms with E-state index in [1.54, 1.807) is 7.05 Å². The van der Waals surface area contributed by atoms with Crippen LogP contribution in [0.5, 0.6) is 0 Å². The number of nitrogens with zero attached hydrogens (tertiary/aromatic N) is 1. The second-order valence-corrected chi connectivity index (χ2v) is 5.36. The molecule has 0 aliphatic carbocycles. The number of ether oxygens (including phenoxy) is 1. The fourth-order valence-corrected chi connectivity index (χ4v) is 2.16. The first-order valence-electron chi connectivity index (χ1n) is 7.77. The molecule has 2 N–H and O–H groups in total. The molecular weight excluding hydrogens is 389 g/mol. The summed E-state index contributed by atoms with van der Waals surface area (Å²) >= 11 is 0. The lowest BCUT2D eigenvalue weighted by molar-refractivity contribution is 0.0258. The molecule has 0 heterocycles. The van der Waals surface area contributed by atoms with Gasteiger partial charge in [0.2, 0.25) is 0 Å². The minimum absolute atomic E-state index is 0. The fraction of sp³-hybridized carbons (Fsp3) is 0.588. The third kappa shape index (κ3) is 8.58. The number of halogens is 1. The van der Waals surface area contributed by atoms with Crippen molar-refractivity contribution in [2.75, 3.05) is 20.2 Å². The van der Waals surface area contributed by atoms with Crippen LogP contribution < -0.4 is 10.6 Å². The Balaban J connectivity index is 0.00000441. The van der Waals surface area contributed by atoms with Crippen LogP contribution in [0.15, 0.2) is 35.3 Å². The standard InChI is InChI=1S/C17H29N3O.HI/c1-5-21-16(14(2)3)11-12-19-17(18-4)20-13-15-9-7-6-8-10-15;/h6-10,14,16H,5,11-13H2,1-4H3,(H2,18,19,20);1H. The quantitative estimate of drug-likeness (QED) is 0.386. The van der Waals surface area contributed by atoms with Crippen LogP contribution in [-0.2, 0) is 11.3 Å². The van der Waals surface area contributed by atoms with Crippen molar-refractivity contribution in [2.45, 2.75) is 39.8 Å². The van der Waals surface area contributed by atoms with E-state index in [1.165, 1.54) is 5.56 Å². The number of hydrogen-bond donors (Lipinski definition) is 2. The number of benzene rings is 1. The van der Waals surface area contributed by atoms with Crippen LogP contribution in [0.25, 0.3) is 0 Å². The van der Waals surface area contributed by atoms with Crippen molar-refractivity contribution < 1.29 is 4.74 Å². The summed E-state index contributed by atoms with van der Waals surface area (Å²) in [6.07, 6.45) is 1.28. The molecule has 0 bridgehead atoms. The Hall–Kier alpha value is -0.820. The molecule has 5 heteroatoms. The molecule has 0 fully saturated rings. The van der Waals surface area contributed by atoms with Gasteiger partial charge in [-0.2, -0.15) is 0 Å². The lowest BCUT2D eigenvalue weighted by Gasteiger charge is -2.21. The van der Waals surface area contributed by atoms with Gasteiger partial charge >= 0.3 is 0 Å². The highest BCUT2D eigenvalue weighted by Crippen LogP contribution is 2.09. The number of hydrogen-bond acceptors (Lipinski definition) is 2. The summed E-state index contributed by atoms with van der Waals surface area (Å²) in [5.41, 5.74) is 1.25. The largest absolute Gasteiger partial charge is 0.378 e. The highest BCUT2D eigenvalue weighted by Gasteiger charge is 2.12. The Morgan fingerprint density at radius 1 is 1.18 bits per heavy atom. The fourth-order valence-electron chi connectivity index (χ4n) is 2.16. The zero-order valence-corrected chi connectivity index (χ0v) is 16.5. The van der Waals surface area contributed by atoms with Gasteiger partial charge < -0.3 is 15.4 Å². The second-order valence-electron chi connectivity index (χ2n) is 5.36. The first-order chi connectivity index (χ1) is 10.2. The van der Waals surface area contributed by atoms with Crippen molar-refractivity contribution in [1.82, 2.24) is 10.6 Å². The lowest BCUT2D eigenvalue weighted by Crippen LogP contribution is -2.38. The van der Waals surface area contributed by atoms with E-state index in [1.807, 2.05) is 25.1 Å². The summed E-state index contributed by atoms with van der Waals surface area (Å²) in [6.45, 7) is 8.84. The van der Waals surface area contributed by atoms with E-state index < -0.39 is 0 Å². The Labute approximate surface area is 152 Å². The predicted octanol–water partition coefficient (Wildman–Crippen LogP) is 3.42. The summed E-state index contributed by atoms with van der Waals surface area (Å²) < 4.78 is 5.75. The van der Waals surface area contributed by atoms with Gasteiger partial charge in [0, 0.05) is 26.7 Å². The van der Waals surface area contributed by atoms with E-state index in [2.05, 4.69) is 41.6 Å². The predicted molar refractivity (Wildman–Crippen MR) is 105 cm³/mol. The summed E-state index contributed by atoms with van der Waals surface area (Å²) in [7, 11) is 1.79. The summed E-state index contributed by atoms with van der Waals surface area (Å²) in [5.74, 6) is 1.36. The van der Waals surface area contributed by atoms with Crippen molar-refractivity contribution in [3.63, 3.8) is 0 Å². The summed E-state index contributed by atoms with van der Waals surface area (Å²) in [5, 5.41) is 6.66. The molecule has 0 aromatic heterocycles. The second kappa shape index (κ2) is 12.7. The molecule has 22 heavy (non-hydrogen) atoms. The van der Waals surface area contributed by atoms with Gasteiger partial charge in [0.1, 0.15) is 0 Å². The van der Waals surface area contributed by atoms with Gasteiger partial charge in [-0.1, -0.05) is 44.2 Å². The molecule has 4 nitrogen and oxygen atoms in total. The topological polar surface area (TPSA) is 45.6 Å². The van der Waals surface area contributed by atoms with Crippen molar-refractivity contribution in [3.8, 4) is 0 Å². The highest BCUT2D eigenvalue weighted by molar-refractivity contribution is 14.0. The number of nitrogens with one attached hydrogen (secondary N) is 2. The first-order valence-corrected chi connectivity index (χ1v) is 7.77. The van der Waals surface area contributed by atoms with Crippen molar-refractivity contribution in [3.05, 3.63) is 35.9 Å². The molecule has 0 radical (unpaired) electrons. The zero-order chi connectivity index (χ0) is 15.5. The molecule has 0 amide bonds. The van der Waals surface area contributed by atoms with E-state index in [0.717, 1.165) is 32.1 Å². The van der Waals surface area contributed by atoms with Crippen LogP contribution in [-0.4, -0.2) is 32.3 Å². The molecule has 1 aromatic rings. The van der Waals surface area contributed by atoms with Crippen LogP contribution in [0.2, 0.25) is 0 Å². The molecule has 0 saturated heterocycles. The summed E-state index contributed by atoms with van der Waals surface area (Å²) in [6, 6.07) is 10.3. The molecule has 1 aromatic carbocycles. The van der Waals surface area contributed by atoms with Crippen LogP contribution in [0.3, 0.4) is 0 Å². The number of rotatable bonds is 8. The average molecular weight is 419 g/mol. The maximum atomic E-state index is 5.75. The molecule has 0 saturated carbocycles. The van der Waals surface area contributed by atoms with Gasteiger partial charge in [-0.3, -0.25) is 4.99 Å². The van der Waals surface area contributed by atoms with E-state index in [-0.39, 0.29) is 24.0 Å². The molecule has 126 valence electrons. The molecule has 1 unspecified atom stereocenters. The first kappa shape index (κ1) is 21.2. The number of aliphatic imine (C=N–C) groups is 1. The smallest absolute Gasteiger partial charge is 0.191 e. The van der Waals surface area contributed by atoms with Crippen LogP contribution >= 0.6 is 24.0 Å². The van der Waals surface area contributed by atoms with Gasteiger partial charge in [0.05, 0.1) is 6.10 Å². The third-order valence-corrected chi connectivity index (χ3v) is 3.37. The molecule has 0 aliphatic heterocycles. The molecule has 1 atom stereocenters. The normalized spacial score (nSPS) is 12.7. The maximum Gasteiger partial charge on any atom is 0.191 e. The number of guanidine groups is 1.